The number of rotatable bonds is 4. The molecule has 0 aliphatic carbocycles. The van der Waals surface area contributed by atoms with E-state index in [-0.39, 0.29) is 4.90 Å². The summed E-state index contributed by atoms with van der Waals surface area (Å²) in [5.74, 6) is 0.670. The number of hydrogen-bond acceptors (Lipinski definition) is 4. The number of benzene rings is 2. The highest BCUT2D eigenvalue weighted by Gasteiger charge is 2.16. The van der Waals surface area contributed by atoms with Crippen LogP contribution in [0.2, 0.25) is 0 Å². The monoisotopic (exact) mass is 370 g/mol. The van der Waals surface area contributed by atoms with Gasteiger partial charge in [-0.15, -0.1) is 0 Å². The largest absolute Gasteiger partial charge is 0.497 e. The number of nitrogens with two attached hydrogens (primary N) is 1. The normalized spacial score (nSPS) is 11.2. The molecule has 0 heterocycles. The topological polar surface area (TPSA) is 81.4 Å². The van der Waals surface area contributed by atoms with Crippen LogP contribution in [0.3, 0.4) is 0 Å². The molecule has 0 bridgehead atoms. The summed E-state index contributed by atoms with van der Waals surface area (Å²) in [6, 6.07) is 9.61. The maximum absolute atomic E-state index is 12.4. The van der Waals surface area contributed by atoms with Gasteiger partial charge in [0.1, 0.15) is 5.75 Å². The number of methoxy groups -OCH3 is 1. The Morgan fingerprint density at radius 2 is 1.90 bits per heavy atom. The van der Waals surface area contributed by atoms with Crippen LogP contribution in [0.4, 0.5) is 11.4 Å². The Morgan fingerprint density at radius 1 is 1.19 bits per heavy atom. The van der Waals surface area contributed by atoms with Crippen molar-refractivity contribution in [3.05, 3.63) is 46.4 Å². The third-order valence-electron chi connectivity index (χ3n) is 2.96. The molecule has 0 radical (unpaired) electrons. The third-order valence-corrected chi connectivity index (χ3v) is 5.04. The van der Waals surface area contributed by atoms with Gasteiger partial charge in [0, 0.05) is 10.2 Å². The molecule has 0 atom stereocenters. The van der Waals surface area contributed by atoms with Crippen LogP contribution in [0.15, 0.2) is 45.8 Å². The summed E-state index contributed by atoms with van der Waals surface area (Å²) >= 11 is 3.24. The zero-order valence-electron chi connectivity index (χ0n) is 11.6. The zero-order chi connectivity index (χ0) is 15.6. The second kappa shape index (κ2) is 5.95. The minimum atomic E-state index is -3.69. The predicted octanol–water partition coefficient (Wildman–Crippen LogP) is 3.15. The number of anilines is 2. The standard InChI is InChI=1S/C14H15BrN2O3S/c1-9-7-10(20-2)3-6-14(9)17-21(18,19)11-4-5-12(15)13(16)8-11/h3-8,17H,16H2,1-2H3. The van der Waals surface area contributed by atoms with Crippen LogP contribution in [0, 0.1) is 6.92 Å². The molecule has 112 valence electrons. The highest BCUT2D eigenvalue weighted by atomic mass is 79.9. The predicted molar refractivity (Wildman–Crippen MR) is 87.1 cm³/mol. The van der Waals surface area contributed by atoms with E-state index < -0.39 is 10.0 Å². The molecule has 2 aromatic rings. The van der Waals surface area contributed by atoms with Crippen molar-refractivity contribution in [2.45, 2.75) is 11.8 Å². The first-order valence-corrected chi connectivity index (χ1v) is 8.33. The summed E-state index contributed by atoms with van der Waals surface area (Å²) in [6.07, 6.45) is 0. The fourth-order valence-corrected chi connectivity index (χ4v) is 3.18. The molecular weight excluding hydrogens is 356 g/mol. The van der Waals surface area contributed by atoms with Gasteiger partial charge in [-0.05, 0) is 64.8 Å². The zero-order valence-corrected chi connectivity index (χ0v) is 14.0. The quantitative estimate of drug-likeness (QED) is 0.809. The molecular formula is C14H15BrN2O3S. The fraction of sp³-hybridized carbons (Fsp3) is 0.143. The maximum atomic E-state index is 12.4. The van der Waals surface area contributed by atoms with Crippen LogP contribution in [0.25, 0.3) is 0 Å². The van der Waals surface area contributed by atoms with Gasteiger partial charge in [-0.25, -0.2) is 8.42 Å². The molecule has 0 spiro atoms. The van der Waals surface area contributed by atoms with Gasteiger partial charge < -0.3 is 10.5 Å². The second-order valence-electron chi connectivity index (χ2n) is 4.47. The Labute approximate surface area is 132 Å². The molecule has 2 aromatic carbocycles. The SMILES string of the molecule is COc1ccc(NS(=O)(=O)c2ccc(Br)c(N)c2)c(C)c1. The minimum Gasteiger partial charge on any atom is -0.497 e. The van der Waals surface area contributed by atoms with E-state index in [0.29, 0.717) is 21.6 Å². The number of halogens is 1. The Balaban J connectivity index is 2.35. The van der Waals surface area contributed by atoms with E-state index in [2.05, 4.69) is 20.7 Å². The number of nitrogen functional groups attached to an aromatic ring is 1. The Bertz CT molecular complexity index is 776. The van der Waals surface area contributed by atoms with E-state index >= 15 is 0 Å². The number of ether oxygens (including phenoxy) is 1. The minimum absolute atomic E-state index is 0.110. The third kappa shape index (κ3) is 3.48. The van der Waals surface area contributed by atoms with Gasteiger partial charge in [-0.1, -0.05) is 0 Å². The molecule has 0 fully saturated rings. The lowest BCUT2D eigenvalue weighted by Gasteiger charge is -2.12. The molecule has 0 aliphatic rings. The molecule has 7 heteroatoms. The molecule has 21 heavy (non-hydrogen) atoms. The lowest BCUT2D eigenvalue weighted by Crippen LogP contribution is -2.14. The summed E-state index contributed by atoms with van der Waals surface area (Å²) in [4.78, 5) is 0.110. The molecule has 5 nitrogen and oxygen atoms in total. The first kappa shape index (κ1) is 15.7. The number of hydrogen-bond donors (Lipinski definition) is 2. The lowest BCUT2D eigenvalue weighted by molar-refractivity contribution is 0.414. The average molecular weight is 371 g/mol. The Kier molecular flexibility index (Phi) is 4.43. The summed E-state index contributed by atoms with van der Waals surface area (Å²) in [5.41, 5.74) is 7.35. The van der Waals surface area contributed by atoms with Crippen LogP contribution in [-0.4, -0.2) is 15.5 Å². The van der Waals surface area contributed by atoms with Crippen LogP contribution in [0.5, 0.6) is 5.75 Å². The number of aryl methyl sites for hydroxylation is 1. The van der Waals surface area contributed by atoms with Crippen molar-refractivity contribution in [1.82, 2.24) is 0 Å². The van der Waals surface area contributed by atoms with Crippen molar-refractivity contribution in [3.8, 4) is 5.75 Å². The first-order valence-electron chi connectivity index (χ1n) is 6.06. The maximum Gasteiger partial charge on any atom is 0.261 e. The van der Waals surface area contributed by atoms with Crippen molar-refractivity contribution in [2.75, 3.05) is 17.6 Å². The summed E-state index contributed by atoms with van der Waals surface area (Å²) < 4.78 is 33.0. The van der Waals surface area contributed by atoms with Crippen molar-refractivity contribution in [1.29, 1.82) is 0 Å². The van der Waals surface area contributed by atoms with Gasteiger partial charge in [0.15, 0.2) is 0 Å². The number of sulfonamides is 1. The summed E-state index contributed by atoms with van der Waals surface area (Å²) in [5, 5.41) is 0. The molecule has 0 unspecified atom stereocenters. The Hall–Kier alpha value is -1.73. The van der Waals surface area contributed by atoms with E-state index in [1.54, 1.807) is 38.3 Å². The molecule has 3 N–H and O–H groups in total. The van der Waals surface area contributed by atoms with Gasteiger partial charge in [-0.2, -0.15) is 0 Å². The summed E-state index contributed by atoms with van der Waals surface area (Å²) in [7, 11) is -2.13. The van der Waals surface area contributed by atoms with Crippen LogP contribution < -0.4 is 15.2 Å². The summed E-state index contributed by atoms with van der Waals surface area (Å²) in [6.45, 7) is 1.80. The van der Waals surface area contributed by atoms with Gasteiger partial charge in [0.05, 0.1) is 17.7 Å². The fourth-order valence-electron chi connectivity index (χ4n) is 1.77. The smallest absolute Gasteiger partial charge is 0.261 e. The highest BCUT2D eigenvalue weighted by Crippen LogP contribution is 2.26. The van der Waals surface area contributed by atoms with E-state index in [1.165, 1.54) is 12.1 Å². The van der Waals surface area contributed by atoms with Gasteiger partial charge in [-0.3, -0.25) is 4.72 Å². The molecule has 0 saturated carbocycles. The van der Waals surface area contributed by atoms with Gasteiger partial charge >= 0.3 is 0 Å². The first-order chi connectivity index (χ1) is 9.83. The van der Waals surface area contributed by atoms with Crippen molar-refractivity contribution >= 4 is 37.3 Å². The van der Waals surface area contributed by atoms with Crippen molar-refractivity contribution in [2.24, 2.45) is 0 Å². The van der Waals surface area contributed by atoms with Crippen LogP contribution in [-0.2, 0) is 10.0 Å². The van der Waals surface area contributed by atoms with E-state index in [4.69, 9.17) is 10.5 Å². The molecule has 0 amide bonds. The van der Waals surface area contributed by atoms with Crippen molar-refractivity contribution in [3.63, 3.8) is 0 Å². The highest BCUT2D eigenvalue weighted by molar-refractivity contribution is 9.10. The van der Waals surface area contributed by atoms with E-state index in [1.807, 2.05) is 0 Å². The van der Waals surface area contributed by atoms with E-state index in [9.17, 15) is 8.42 Å². The van der Waals surface area contributed by atoms with Crippen LogP contribution in [0.1, 0.15) is 5.56 Å². The molecule has 0 aromatic heterocycles. The lowest BCUT2D eigenvalue weighted by atomic mass is 10.2. The Morgan fingerprint density at radius 3 is 2.48 bits per heavy atom. The van der Waals surface area contributed by atoms with Crippen molar-refractivity contribution < 1.29 is 13.2 Å². The molecule has 0 aliphatic heterocycles. The van der Waals surface area contributed by atoms with Gasteiger partial charge in [0.25, 0.3) is 10.0 Å². The molecule has 2 rings (SSSR count). The average Bonchev–Trinajstić information content (AvgIpc) is 2.43. The van der Waals surface area contributed by atoms with Gasteiger partial charge in [0.2, 0.25) is 0 Å². The van der Waals surface area contributed by atoms with E-state index in [0.717, 1.165) is 5.56 Å². The second-order valence-corrected chi connectivity index (χ2v) is 7.01. The number of nitrogens with one attached hydrogen (secondary N) is 1. The van der Waals surface area contributed by atoms with Crippen LogP contribution >= 0.6 is 15.9 Å². The molecule has 0 saturated heterocycles.